The molecule has 0 radical (unpaired) electrons. The van der Waals surface area contributed by atoms with Crippen molar-refractivity contribution in [3.8, 4) is 5.75 Å². The summed E-state index contributed by atoms with van der Waals surface area (Å²) in [5.41, 5.74) is 6.94. The minimum atomic E-state index is -0.995. The Morgan fingerprint density at radius 1 is 1.43 bits per heavy atom. The maximum atomic E-state index is 11.6. The van der Waals surface area contributed by atoms with Gasteiger partial charge >= 0.3 is 11.9 Å². The molecule has 0 saturated carbocycles. The van der Waals surface area contributed by atoms with E-state index in [0.29, 0.717) is 22.2 Å². The second-order valence-electron chi connectivity index (χ2n) is 4.61. The number of methoxy groups -OCH3 is 1. The molecule has 0 aliphatic carbocycles. The molecule has 112 valence electrons. The summed E-state index contributed by atoms with van der Waals surface area (Å²) in [5.74, 6) is -0.888. The molecule has 7 heteroatoms. The maximum absolute atomic E-state index is 11.6. The fourth-order valence-corrected chi connectivity index (χ4v) is 2.09. The maximum Gasteiger partial charge on any atom is 0.330 e. The Morgan fingerprint density at radius 3 is 2.76 bits per heavy atom. The molecule has 7 nitrogen and oxygen atoms in total. The lowest BCUT2D eigenvalue weighted by atomic mass is 10.1. The second kappa shape index (κ2) is 5.84. The number of ether oxygens (including phenoxy) is 2. The first-order chi connectivity index (χ1) is 9.92. The second-order valence-corrected chi connectivity index (χ2v) is 4.61. The van der Waals surface area contributed by atoms with Crippen LogP contribution in [0.15, 0.2) is 24.4 Å². The molecule has 0 aliphatic rings. The van der Waals surface area contributed by atoms with Crippen molar-refractivity contribution in [2.45, 2.75) is 19.4 Å². The number of rotatable bonds is 4. The first-order valence-corrected chi connectivity index (χ1v) is 6.27. The minimum absolute atomic E-state index is 0.128. The molecule has 2 rings (SSSR count). The third kappa shape index (κ3) is 3.14. The van der Waals surface area contributed by atoms with E-state index in [4.69, 9.17) is 10.5 Å². The van der Waals surface area contributed by atoms with Crippen molar-refractivity contribution in [1.82, 2.24) is 4.73 Å². The molecular formula is C14H16N2O5. The molecule has 1 aromatic carbocycles. The van der Waals surface area contributed by atoms with Crippen LogP contribution in [0.3, 0.4) is 0 Å². The van der Waals surface area contributed by atoms with Gasteiger partial charge in [-0.15, -0.1) is 0 Å². The van der Waals surface area contributed by atoms with Crippen LogP contribution in [0.1, 0.15) is 12.5 Å². The first kappa shape index (κ1) is 14.9. The summed E-state index contributed by atoms with van der Waals surface area (Å²) in [5, 5.41) is 10.5. The standard InChI is InChI=1S/C14H16N2O5/c1-8(17)21-14(18)12(15)5-9-7-16(19)13-4-3-10(20-2)6-11(9)13/h3-4,6-7,12,19H,5,15H2,1-2H3. The van der Waals surface area contributed by atoms with Crippen molar-refractivity contribution in [2.24, 2.45) is 5.73 Å². The van der Waals surface area contributed by atoms with Gasteiger partial charge in [-0.3, -0.25) is 4.79 Å². The predicted molar refractivity (Wildman–Crippen MR) is 74.1 cm³/mol. The fraction of sp³-hybridized carbons (Fsp3) is 0.286. The summed E-state index contributed by atoms with van der Waals surface area (Å²) in [6.45, 7) is 1.13. The Kier molecular flexibility index (Phi) is 4.13. The van der Waals surface area contributed by atoms with Crippen molar-refractivity contribution in [3.63, 3.8) is 0 Å². The Bertz CT molecular complexity index is 692. The van der Waals surface area contributed by atoms with Crippen molar-refractivity contribution in [1.29, 1.82) is 0 Å². The lowest BCUT2D eigenvalue weighted by molar-refractivity contribution is -0.159. The number of nitrogens with two attached hydrogens (primary N) is 1. The van der Waals surface area contributed by atoms with Gasteiger partial charge in [0.15, 0.2) is 0 Å². The Hall–Kier alpha value is -2.54. The van der Waals surface area contributed by atoms with E-state index in [9.17, 15) is 14.8 Å². The highest BCUT2D eigenvalue weighted by molar-refractivity contribution is 5.89. The molecule has 21 heavy (non-hydrogen) atoms. The summed E-state index contributed by atoms with van der Waals surface area (Å²) in [4.78, 5) is 22.3. The molecule has 1 unspecified atom stereocenters. The highest BCUT2D eigenvalue weighted by Crippen LogP contribution is 2.26. The van der Waals surface area contributed by atoms with Crippen molar-refractivity contribution in [2.75, 3.05) is 7.11 Å². The molecule has 2 aromatic rings. The molecule has 1 aromatic heterocycles. The smallest absolute Gasteiger partial charge is 0.330 e. The van der Waals surface area contributed by atoms with E-state index in [2.05, 4.69) is 4.74 Å². The van der Waals surface area contributed by atoms with Gasteiger partial charge in [0.25, 0.3) is 0 Å². The lowest BCUT2D eigenvalue weighted by Gasteiger charge is -2.08. The normalized spacial score (nSPS) is 12.1. The van der Waals surface area contributed by atoms with Gasteiger partial charge < -0.3 is 20.4 Å². The zero-order chi connectivity index (χ0) is 15.6. The van der Waals surface area contributed by atoms with E-state index in [1.54, 1.807) is 18.2 Å². The average molecular weight is 292 g/mol. The number of nitrogens with zero attached hydrogens (tertiary/aromatic N) is 1. The molecule has 1 atom stereocenters. The molecule has 0 fully saturated rings. The Labute approximate surface area is 120 Å². The van der Waals surface area contributed by atoms with Crippen LogP contribution in [0, 0.1) is 0 Å². The predicted octanol–water partition coefficient (Wildman–Crippen LogP) is 0.847. The van der Waals surface area contributed by atoms with E-state index in [0.717, 1.165) is 11.7 Å². The van der Waals surface area contributed by atoms with Gasteiger partial charge in [0.05, 0.1) is 12.6 Å². The fourth-order valence-electron chi connectivity index (χ4n) is 2.09. The quantitative estimate of drug-likeness (QED) is 0.492. The number of carbonyl (C=O) groups excluding carboxylic acids is 2. The van der Waals surface area contributed by atoms with Gasteiger partial charge in [-0.2, -0.15) is 4.73 Å². The van der Waals surface area contributed by atoms with Crippen molar-refractivity contribution < 1.29 is 24.3 Å². The Morgan fingerprint density at radius 2 is 2.14 bits per heavy atom. The third-order valence-electron chi connectivity index (χ3n) is 3.06. The molecule has 0 amide bonds. The van der Waals surface area contributed by atoms with Crippen LogP contribution in [-0.2, 0) is 20.7 Å². The van der Waals surface area contributed by atoms with E-state index < -0.39 is 18.0 Å². The van der Waals surface area contributed by atoms with Crippen LogP contribution in [-0.4, -0.2) is 35.0 Å². The van der Waals surface area contributed by atoms with E-state index in [-0.39, 0.29) is 6.42 Å². The third-order valence-corrected chi connectivity index (χ3v) is 3.06. The molecule has 0 aliphatic heterocycles. The summed E-state index contributed by atoms with van der Waals surface area (Å²) in [6, 6.07) is 4.14. The summed E-state index contributed by atoms with van der Waals surface area (Å²) < 4.78 is 10.5. The van der Waals surface area contributed by atoms with Gasteiger partial charge in [-0.05, 0) is 23.8 Å². The first-order valence-electron chi connectivity index (χ1n) is 6.27. The number of hydrogen-bond donors (Lipinski definition) is 2. The highest BCUT2D eigenvalue weighted by atomic mass is 16.6. The van der Waals surface area contributed by atoms with Crippen LogP contribution in [0.25, 0.3) is 10.9 Å². The SMILES string of the molecule is COc1ccc2c(c1)c(CC(N)C(=O)OC(C)=O)cn2O. The number of benzene rings is 1. The van der Waals surface area contributed by atoms with Gasteiger partial charge in [-0.1, -0.05) is 0 Å². The van der Waals surface area contributed by atoms with E-state index >= 15 is 0 Å². The number of esters is 2. The molecule has 3 N–H and O–H groups in total. The van der Waals surface area contributed by atoms with Crippen LogP contribution in [0.4, 0.5) is 0 Å². The number of fused-ring (bicyclic) bond motifs is 1. The van der Waals surface area contributed by atoms with E-state index in [1.807, 2.05) is 0 Å². The lowest BCUT2D eigenvalue weighted by Crippen LogP contribution is -2.35. The van der Waals surface area contributed by atoms with Crippen LogP contribution >= 0.6 is 0 Å². The Balaban J connectivity index is 2.29. The van der Waals surface area contributed by atoms with Crippen LogP contribution in [0.5, 0.6) is 5.75 Å². The van der Waals surface area contributed by atoms with Gasteiger partial charge in [-0.25, -0.2) is 4.79 Å². The van der Waals surface area contributed by atoms with Crippen LogP contribution in [0.2, 0.25) is 0 Å². The zero-order valence-corrected chi connectivity index (χ0v) is 11.7. The van der Waals surface area contributed by atoms with Gasteiger partial charge in [0, 0.05) is 24.9 Å². The molecule has 0 spiro atoms. The molecule has 0 bridgehead atoms. The average Bonchev–Trinajstić information content (AvgIpc) is 2.74. The number of hydrogen-bond acceptors (Lipinski definition) is 6. The molecular weight excluding hydrogens is 276 g/mol. The summed E-state index contributed by atoms with van der Waals surface area (Å²) >= 11 is 0. The van der Waals surface area contributed by atoms with Gasteiger partial charge in [0.1, 0.15) is 11.8 Å². The number of carbonyl (C=O) groups is 2. The van der Waals surface area contributed by atoms with Crippen molar-refractivity contribution in [3.05, 3.63) is 30.0 Å². The summed E-state index contributed by atoms with van der Waals surface area (Å²) in [6.07, 6.45) is 1.59. The summed E-state index contributed by atoms with van der Waals surface area (Å²) in [7, 11) is 1.53. The topological polar surface area (TPSA) is 104 Å². The van der Waals surface area contributed by atoms with Gasteiger partial charge in [0.2, 0.25) is 0 Å². The highest BCUT2D eigenvalue weighted by Gasteiger charge is 2.20. The van der Waals surface area contributed by atoms with Crippen LogP contribution < -0.4 is 10.5 Å². The number of aromatic nitrogens is 1. The van der Waals surface area contributed by atoms with E-state index in [1.165, 1.54) is 13.3 Å². The monoisotopic (exact) mass is 292 g/mol. The van der Waals surface area contributed by atoms with Crippen molar-refractivity contribution >= 4 is 22.8 Å². The minimum Gasteiger partial charge on any atom is -0.497 e. The molecule has 0 saturated heterocycles. The largest absolute Gasteiger partial charge is 0.497 e. The molecule has 1 heterocycles. The zero-order valence-electron chi connectivity index (χ0n) is 11.7.